The van der Waals surface area contributed by atoms with Gasteiger partial charge in [0.05, 0.1) is 12.2 Å². The molecule has 0 aromatic heterocycles. The van der Waals surface area contributed by atoms with E-state index in [0.29, 0.717) is 0 Å². The third-order valence-electron chi connectivity index (χ3n) is 5.15. The van der Waals surface area contributed by atoms with Crippen LogP contribution in [0.4, 0.5) is 0 Å². The fourth-order valence-electron chi connectivity index (χ4n) is 3.79. The highest BCUT2D eigenvalue weighted by Gasteiger charge is 2.55. The molecule has 2 fully saturated rings. The van der Waals surface area contributed by atoms with Gasteiger partial charge in [-0.25, -0.2) is 0 Å². The number of rotatable bonds is 4. The van der Waals surface area contributed by atoms with Crippen molar-refractivity contribution in [3.8, 4) is 0 Å². The topological polar surface area (TPSA) is 32.7 Å². The summed E-state index contributed by atoms with van der Waals surface area (Å²) < 4.78 is 5.82. The van der Waals surface area contributed by atoms with E-state index in [4.69, 9.17) is 4.74 Å². The largest absolute Gasteiger partial charge is 0.392 e. The summed E-state index contributed by atoms with van der Waals surface area (Å²) in [5.41, 5.74) is 1.42. The minimum atomic E-state index is -0.155. The number of aliphatic hydroxyl groups excluding tert-OH is 1. The Balaban J connectivity index is 1.56. The van der Waals surface area contributed by atoms with Crippen LogP contribution < -0.4 is 0 Å². The molecule has 110 valence electrons. The number of hydrogen-bond acceptors (Lipinski definition) is 3. The molecule has 1 aromatic carbocycles. The fraction of sp³-hybridized carbons (Fsp3) is 0.647. The van der Waals surface area contributed by atoms with Crippen LogP contribution in [-0.2, 0) is 11.3 Å². The molecular formula is C17H25NO2. The Morgan fingerprint density at radius 1 is 1.25 bits per heavy atom. The van der Waals surface area contributed by atoms with Crippen molar-refractivity contribution in [2.45, 2.75) is 44.9 Å². The van der Waals surface area contributed by atoms with Crippen molar-refractivity contribution in [3.05, 3.63) is 35.9 Å². The van der Waals surface area contributed by atoms with E-state index in [0.717, 1.165) is 45.5 Å². The Labute approximate surface area is 121 Å². The van der Waals surface area contributed by atoms with Crippen molar-refractivity contribution in [1.29, 1.82) is 0 Å². The quantitative estimate of drug-likeness (QED) is 0.916. The molecule has 1 spiro atoms. The second-order valence-electron chi connectivity index (χ2n) is 6.19. The summed E-state index contributed by atoms with van der Waals surface area (Å²) in [5.74, 6) is 0. The average Bonchev–Trinajstić information content (AvgIpc) is 2.49. The molecule has 0 bridgehead atoms. The fourth-order valence-corrected chi connectivity index (χ4v) is 3.79. The van der Waals surface area contributed by atoms with E-state index >= 15 is 0 Å². The molecule has 1 aliphatic carbocycles. The summed E-state index contributed by atoms with van der Waals surface area (Å²) in [7, 11) is 0. The highest BCUT2D eigenvalue weighted by molar-refractivity contribution is 5.15. The predicted molar refractivity (Wildman–Crippen MR) is 79.4 cm³/mol. The third kappa shape index (κ3) is 2.50. The van der Waals surface area contributed by atoms with Crippen LogP contribution in [0.2, 0.25) is 0 Å². The Morgan fingerprint density at radius 3 is 2.55 bits per heavy atom. The second-order valence-corrected chi connectivity index (χ2v) is 6.19. The van der Waals surface area contributed by atoms with Gasteiger partial charge in [-0.15, -0.1) is 0 Å². The Morgan fingerprint density at radius 2 is 1.95 bits per heavy atom. The smallest absolute Gasteiger partial charge is 0.0681 e. The van der Waals surface area contributed by atoms with Crippen molar-refractivity contribution in [2.24, 2.45) is 5.41 Å². The zero-order valence-electron chi connectivity index (χ0n) is 12.3. The maximum Gasteiger partial charge on any atom is 0.0681 e. The highest BCUT2D eigenvalue weighted by Crippen LogP contribution is 2.51. The van der Waals surface area contributed by atoms with E-state index in [1.54, 1.807) is 0 Å². The van der Waals surface area contributed by atoms with Crippen molar-refractivity contribution in [2.75, 3.05) is 19.7 Å². The molecule has 1 N–H and O–H groups in total. The van der Waals surface area contributed by atoms with Gasteiger partial charge in [0.25, 0.3) is 0 Å². The number of piperidine rings is 1. The van der Waals surface area contributed by atoms with Crippen molar-refractivity contribution in [1.82, 2.24) is 4.90 Å². The summed E-state index contributed by atoms with van der Waals surface area (Å²) in [6.45, 7) is 5.95. The third-order valence-corrected chi connectivity index (χ3v) is 5.15. The van der Waals surface area contributed by atoms with Crippen LogP contribution in [0.25, 0.3) is 0 Å². The van der Waals surface area contributed by atoms with Gasteiger partial charge in [0.15, 0.2) is 0 Å². The number of ether oxygens (including phenoxy) is 1. The van der Waals surface area contributed by atoms with Gasteiger partial charge in [-0.05, 0) is 38.4 Å². The molecule has 0 radical (unpaired) electrons. The molecule has 1 saturated carbocycles. The van der Waals surface area contributed by atoms with E-state index in [1.807, 2.05) is 6.92 Å². The standard InChI is InChI=1S/C17H25NO2/c1-2-20-16-12-15(19)17(16)8-10-18(11-9-17)13-14-6-4-3-5-7-14/h3-7,15-16,19H,2,8-13H2,1H3. The van der Waals surface area contributed by atoms with E-state index in [1.165, 1.54) is 5.56 Å². The summed E-state index contributed by atoms with van der Waals surface area (Å²) >= 11 is 0. The van der Waals surface area contributed by atoms with Gasteiger partial charge >= 0.3 is 0 Å². The average molecular weight is 275 g/mol. The lowest BCUT2D eigenvalue weighted by atomic mass is 9.58. The van der Waals surface area contributed by atoms with Crippen LogP contribution in [0.5, 0.6) is 0 Å². The minimum Gasteiger partial charge on any atom is -0.392 e. The predicted octanol–water partition coefficient (Wildman–Crippen LogP) is 2.44. The Bertz CT molecular complexity index is 424. The zero-order chi connectivity index (χ0) is 14.0. The van der Waals surface area contributed by atoms with Crippen LogP contribution in [0.1, 0.15) is 31.7 Å². The highest BCUT2D eigenvalue weighted by atomic mass is 16.5. The number of nitrogens with zero attached hydrogens (tertiary/aromatic N) is 1. The molecular weight excluding hydrogens is 250 g/mol. The van der Waals surface area contributed by atoms with Crippen LogP contribution in [0.15, 0.2) is 30.3 Å². The van der Waals surface area contributed by atoms with E-state index in [-0.39, 0.29) is 17.6 Å². The van der Waals surface area contributed by atoms with Gasteiger partial charge in [-0.3, -0.25) is 4.90 Å². The van der Waals surface area contributed by atoms with Crippen LogP contribution in [0.3, 0.4) is 0 Å². The SMILES string of the molecule is CCOC1CC(O)C12CCN(Cc1ccccc1)CC2. The van der Waals surface area contributed by atoms with Crippen molar-refractivity contribution < 1.29 is 9.84 Å². The lowest BCUT2D eigenvalue weighted by Gasteiger charge is -2.56. The van der Waals surface area contributed by atoms with Crippen molar-refractivity contribution >= 4 is 0 Å². The normalized spacial score (nSPS) is 29.3. The van der Waals surface area contributed by atoms with Gasteiger partial charge in [-0.1, -0.05) is 30.3 Å². The first-order valence-electron chi connectivity index (χ1n) is 7.80. The molecule has 3 rings (SSSR count). The Hall–Kier alpha value is -0.900. The van der Waals surface area contributed by atoms with Crippen molar-refractivity contribution in [3.63, 3.8) is 0 Å². The molecule has 1 heterocycles. The number of benzene rings is 1. The number of likely N-dealkylation sites (tertiary alicyclic amines) is 1. The molecule has 3 heteroatoms. The molecule has 3 nitrogen and oxygen atoms in total. The first kappa shape index (κ1) is 14.1. The first-order valence-corrected chi connectivity index (χ1v) is 7.80. The molecule has 2 aliphatic rings. The summed E-state index contributed by atoms with van der Waals surface area (Å²) in [4.78, 5) is 2.49. The van der Waals surface area contributed by atoms with Gasteiger partial charge in [0, 0.05) is 25.0 Å². The number of hydrogen-bond donors (Lipinski definition) is 1. The van der Waals surface area contributed by atoms with Crippen LogP contribution >= 0.6 is 0 Å². The first-order chi connectivity index (χ1) is 9.74. The van der Waals surface area contributed by atoms with Gasteiger partial charge < -0.3 is 9.84 Å². The molecule has 1 saturated heterocycles. The van der Waals surface area contributed by atoms with Gasteiger partial charge in [0.1, 0.15) is 0 Å². The van der Waals surface area contributed by atoms with E-state index in [9.17, 15) is 5.11 Å². The lowest BCUT2D eigenvalue weighted by molar-refractivity contribution is -0.209. The zero-order valence-corrected chi connectivity index (χ0v) is 12.3. The van der Waals surface area contributed by atoms with Crippen LogP contribution in [0, 0.1) is 5.41 Å². The van der Waals surface area contributed by atoms with E-state index in [2.05, 4.69) is 35.2 Å². The lowest BCUT2D eigenvalue weighted by Crippen LogP contribution is -2.62. The maximum absolute atomic E-state index is 10.2. The van der Waals surface area contributed by atoms with Crippen LogP contribution in [-0.4, -0.2) is 41.9 Å². The monoisotopic (exact) mass is 275 g/mol. The second kappa shape index (κ2) is 5.84. The van der Waals surface area contributed by atoms with E-state index < -0.39 is 0 Å². The summed E-state index contributed by atoms with van der Waals surface area (Å²) in [5, 5.41) is 10.2. The molecule has 1 aromatic rings. The Kier molecular flexibility index (Phi) is 4.11. The molecule has 0 amide bonds. The minimum absolute atomic E-state index is 0.0448. The molecule has 1 aliphatic heterocycles. The molecule has 2 unspecified atom stereocenters. The molecule has 20 heavy (non-hydrogen) atoms. The summed E-state index contributed by atoms with van der Waals surface area (Å²) in [6.07, 6.45) is 3.07. The van der Waals surface area contributed by atoms with Gasteiger partial charge in [-0.2, -0.15) is 0 Å². The summed E-state index contributed by atoms with van der Waals surface area (Å²) in [6, 6.07) is 10.6. The maximum atomic E-state index is 10.2. The molecule has 2 atom stereocenters. The van der Waals surface area contributed by atoms with Gasteiger partial charge in [0.2, 0.25) is 0 Å². The number of aliphatic hydroxyl groups is 1.